The number of phenolic OH excluding ortho intramolecular Hbond substituents is 1. The van der Waals surface area contributed by atoms with Crippen molar-refractivity contribution < 1.29 is 20.2 Å². The van der Waals surface area contributed by atoms with Gasteiger partial charge in [0.1, 0.15) is 6.10 Å². The van der Waals surface area contributed by atoms with Gasteiger partial charge in [-0.1, -0.05) is 6.07 Å². The number of rotatable bonds is 4. The highest BCUT2D eigenvalue weighted by Gasteiger charge is 2.21. The number of halogens is 1. The fraction of sp³-hybridized carbons (Fsp3) is 0.333. The second kappa shape index (κ2) is 5.11. The van der Waals surface area contributed by atoms with Crippen LogP contribution in [0.5, 0.6) is 5.75 Å². The molecule has 0 aliphatic carbocycles. The summed E-state index contributed by atoms with van der Waals surface area (Å²) < 4.78 is 0. The molecular weight excluding hydrogens is 238 g/mol. The summed E-state index contributed by atoms with van der Waals surface area (Å²) >= 11 is 5.34. The molecule has 1 aromatic rings. The fourth-order valence-corrected chi connectivity index (χ4v) is 1.35. The Kier molecular flexibility index (Phi) is 4.05. The minimum Gasteiger partial charge on any atom is -0.502 e. The molecule has 2 atom stereocenters. The molecular formula is C9H10ClNO5. The minimum atomic E-state index is -1.32. The highest BCUT2D eigenvalue weighted by atomic mass is 35.5. The van der Waals surface area contributed by atoms with Crippen LogP contribution in [0.4, 0.5) is 5.69 Å². The number of nitro groups is 1. The van der Waals surface area contributed by atoms with E-state index in [1.54, 1.807) is 0 Å². The quantitative estimate of drug-likeness (QED) is 0.417. The SMILES string of the molecule is O=[N+]([O-])c1cc(C(O)C(O)CCl)ccc1O. The van der Waals surface area contributed by atoms with Gasteiger partial charge in [-0.05, 0) is 11.6 Å². The van der Waals surface area contributed by atoms with Crippen molar-refractivity contribution >= 4 is 17.3 Å². The second-order valence-corrected chi connectivity index (χ2v) is 3.48. The van der Waals surface area contributed by atoms with Crippen molar-refractivity contribution in [3.63, 3.8) is 0 Å². The Hall–Kier alpha value is -1.37. The number of phenols is 1. The van der Waals surface area contributed by atoms with E-state index >= 15 is 0 Å². The van der Waals surface area contributed by atoms with Crippen LogP contribution >= 0.6 is 11.6 Å². The number of aliphatic hydroxyl groups excluding tert-OH is 2. The molecule has 0 saturated carbocycles. The van der Waals surface area contributed by atoms with Crippen molar-refractivity contribution in [3.05, 3.63) is 33.9 Å². The maximum Gasteiger partial charge on any atom is 0.311 e. The van der Waals surface area contributed by atoms with Crippen LogP contribution in [0, 0.1) is 10.1 Å². The van der Waals surface area contributed by atoms with Gasteiger partial charge in [0.2, 0.25) is 0 Å². The van der Waals surface area contributed by atoms with Crippen molar-refractivity contribution in [2.24, 2.45) is 0 Å². The number of benzene rings is 1. The maximum atomic E-state index is 10.5. The van der Waals surface area contributed by atoms with E-state index < -0.39 is 28.6 Å². The lowest BCUT2D eigenvalue weighted by Gasteiger charge is -2.15. The number of alkyl halides is 1. The number of aromatic hydroxyl groups is 1. The molecule has 3 N–H and O–H groups in total. The molecule has 88 valence electrons. The van der Waals surface area contributed by atoms with Gasteiger partial charge in [-0.3, -0.25) is 10.1 Å². The predicted molar refractivity (Wildman–Crippen MR) is 56.4 cm³/mol. The lowest BCUT2D eigenvalue weighted by molar-refractivity contribution is -0.386. The summed E-state index contributed by atoms with van der Waals surface area (Å²) in [6, 6.07) is 3.36. The summed E-state index contributed by atoms with van der Waals surface area (Å²) in [6.07, 6.45) is -2.54. The van der Waals surface area contributed by atoms with Crippen molar-refractivity contribution in [3.8, 4) is 5.75 Å². The zero-order valence-electron chi connectivity index (χ0n) is 8.08. The summed E-state index contributed by atoms with van der Waals surface area (Å²) in [6.45, 7) is 0. The summed E-state index contributed by atoms with van der Waals surface area (Å²) in [5, 5.41) is 38.5. The number of nitro benzene ring substituents is 1. The van der Waals surface area contributed by atoms with Crippen molar-refractivity contribution in [1.82, 2.24) is 0 Å². The smallest absolute Gasteiger partial charge is 0.311 e. The Morgan fingerprint density at radius 2 is 2.06 bits per heavy atom. The molecule has 0 bridgehead atoms. The van der Waals surface area contributed by atoms with Crippen LogP contribution in [0.2, 0.25) is 0 Å². The van der Waals surface area contributed by atoms with Gasteiger partial charge in [0.15, 0.2) is 5.75 Å². The van der Waals surface area contributed by atoms with Gasteiger partial charge >= 0.3 is 5.69 Å². The lowest BCUT2D eigenvalue weighted by atomic mass is 10.0. The average molecular weight is 248 g/mol. The van der Waals surface area contributed by atoms with Crippen molar-refractivity contribution in [2.75, 3.05) is 5.88 Å². The van der Waals surface area contributed by atoms with Crippen molar-refractivity contribution in [2.45, 2.75) is 12.2 Å². The Morgan fingerprint density at radius 3 is 2.56 bits per heavy atom. The van der Waals surface area contributed by atoms with E-state index in [0.29, 0.717) is 0 Å². The number of nitrogens with zero attached hydrogens (tertiary/aromatic N) is 1. The molecule has 2 unspecified atom stereocenters. The van der Waals surface area contributed by atoms with Gasteiger partial charge in [-0.25, -0.2) is 0 Å². The maximum absolute atomic E-state index is 10.5. The average Bonchev–Trinajstić information content (AvgIpc) is 2.27. The van der Waals surface area contributed by atoms with Crippen LogP contribution in [-0.2, 0) is 0 Å². The van der Waals surface area contributed by atoms with E-state index in [1.807, 2.05) is 0 Å². The highest BCUT2D eigenvalue weighted by molar-refractivity contribution is 6.18. The molecule has 0 fully saturated rings. The Morgan fingerprint density at radius 1 is 1.44 bits per heavy atom. The molecule has 16 heavy (non-hydrogen) atoms. The standard InChI is InChI=1S/C9H10ClNO5/c10-4-8(13)9(14)5-1-2-7(12)6(3-5)11(15)16/h1-3,8-9,12-14H,4H2. The lowest BCUT2D eigenvalue weighted by Crippen LogP contribution is -2.19. The minimum absolute atomic E-state index is 0.123. The zero-order valence-corrected chi connectivity index (χ0v) is 8.83. The Balaban J connectivity index is 3.07. The first-order chi connectivity index (χ1) is 7.47. The van der Waals surface area contributed by atoms with E-state index in [2.05, 4.69) is 0 Å². The topological polar surface area (TPSA) is 104 Å². The molecule has 0 radical (unpaired) electrons. The van der Waals surface area contributed by atoms with Crippen LogP contribution in [0.15, 0.2) is 18.2 Å². The summed E-state index contributed by atoms with van der Waals surface area (Å²) in [5.74, 6) is -0.697. The first-order valence-corrected chi connectivity index (χ1v) is 4.90. The fourth-order valence-electron chi connectivity index (χ4n) is 1.18. The predicted octanol–water partition coefficient (Wildman–Crippen LogP) is 0.933. The van der Waals surface area contributed by atoms with Gasteiger partial charge in [-0.2, -0.15) is 0 Å². The van der Waals surface area contributed by atoms with Gasteiger partial charge < -0.3 is 15.3 Å². The first kappa shape index (κ1) is 12.7. The molecule has 1 aromatic carbocycles. The molecule has 1 rings (SSSR count). The van der Waals surface area contributed by atoms with Crippen molar-refractivity contribution in [1.29, 1.82) is 0 Å². The monoisotopic (exact) mass is 247 g/mol. The molecule has 7 heteroatoms. The van der Waals surface area contributed by atoms with E-state index in [0.717, 1.165) is 12.1 Å². The van der Waals surface area contributed by atoms with Crippen LogP contribution in [0.1, 0.15) is 11.7 Å². The van der Waals surface area contributed by atoms with E-state index in [9.17, 15) is 25.4 Å². The molecule has 0 heterocycles. The third-order valence-electron chi connectivity index (χ3n) is 2.06. The van der Waals surface area contributed by atoms with Gasteiger partial charge in [0, 0.05) is 6.07 Å². The number of aliphatic hydroxyl groups is 2. The van der Waals surface area contributed by atoms with Crippen LogP contribution < -0.4 is 0 Å². The second-order valence-electron chi connectivity index (χ2n) is 3.17. The van der Waals surface area contributed by atoms with Gasteiger partial charge in [0.25, 0.3) is 0 Å². The summed E-state index contributed by atoms with van der Waals surface area (Å²) in [7, 11) is 0. The molecule has 0 saturated heterocycles. The van der Waals surface area contributed by atoms with Crippen LogP contribution in [0.3, 0.4) is 0 Å². The van der Waals surface area contributed by atoms with Crippen LogP contribution in [-0.4, -0.2) is 32.2 Å². The number of hydrogen-bond donors (Lipinski definition) is 3. The normalized spacial score (nSPS) is 14.4. The third kappa shape index (κ3) is 2.60. The zero-order chi connectivity index (χ0) is 12.3. The van der Waals surface area contributed by atoms with E-state index in [-0.39, 0.29) is 11.4 Å². The van der Waals surface area contributed by atoms with E-state index in [1.165, 1.54) is 6.07 Å². The van der Waals surface area contributed by atoms with Crippen LogP contribution in [0.25, 0.3) is 0 Å². The Bertz CT molecular complexity index is 397. The highest BCUT2D eigenvalue weighted by Crippen LogP contribution is 2.29. The molecule has 0 aliphatic rings. The number of hydrogen-bond acceptors (Lipinski definition) is 5. The van der Waals surface area contributed by atoms with Gasteiger partial charge in [-0.15, -0.1) is 11.6 Å². The summed E-state index contributed by atoms with van der Waals surface area (Å²) in [4.78, 5) is 9.73. The molecule has 0 spiro atoms. The van der Waals surface area contributed by atoms with E-state index in [4.69, 9.17) is 11.6 Å². The molecule has 0 amide bonds. The summed E-state index contributed by atoms with van der Waals surface area (Å²) in [5.41, 5.74) is -0.407. The van der Waals surface area contributed by atoms with Gasteiger partial charge in [0.05, 0.1) is 16.9 Å². The molecule has 0 aromatic heterocycles. The molecule has 0 aliphatic heterocycles. The Labute approximate surface area is 95.9 Å². The third-order valence-corrected chi connectivity index (χ3v) is 2.38. The molecule has 6 nitrogen and oxygen atoms in total. The first-order valence-electron chi connectivity index (χ1n) is 4.36. The largest absolute Gasteiger partial charge is 0.502 e.